The van der Waals surface area contributed by atoms with E-state index in [0.29, 0.717) is 10.6 Å². The number of aromatic nitrogens is 1. The molecule has 0 bridgehead atoms. The number of benzene rings is 1. The molecule has 0 fully saturated rings. The van der Waals surface area contributed by atoms with Gasteiger partial charge in [0.15, 0.2) is 0 Å². The van der Waals surface area contributed by atoms with E-state index in [1.807, 2.05) is 29.6 Å². The van der Waals surface area contributed by atoms with Crippen LogP contribution in [-0.4, -0.2) is 10.8 Å². The van der Waals surface area contributed by atoms with E-state index in [2.05, 4.69) is 11.9 Å². The summed E-state index contributed by atoms with van der Waals surface area (Å²) in [4.78, 5) is 16.6. The summed E-state index contributed by atoms with van der Waals surface area (Å²) >= 11 is 7.51. The van der Waals surface area contributed by atoms with Crippen molar-refractivity contribution in [3.05, 3.63) is 56.9 Å². The third-order valence-electron chi connectivity index (χ3n) is 3.22. The number of rotatable bonds is 3. The average Bonchev–Trinajstić information content (AvgIpc) is 3.03. The Kier molecular flexibility index (Phi) is 3.17. The summed E-state index contributed by atoms with van der Waals surface area (Å²) in [5.41, 5.74) is 2.73. The molecule has 3 aromatic rings. The van der Waals surface area contributed by atoms with Gasteiger partial charge in [0.1, 0.15) is 0 Å². The van der Waals surface area contributed by atoms with Gasteiger partial charge in [0.05, 0.1) is 4.88 Å². The Labute approximate surface area is 120 Å². The summed E-state index contributed by atoms with van der Waals surface area (Å²) in [6.45, 7) is 2.06. The summed E-state index contributed by atoms with van der Waals surface area (Å²) in [6.07, 6.45) is 2.64. The van der Waals surface area contributed by atoms with E-state index in [4.69, 9.17) is 11.6 Å². The fourth-order valence-corrected chi connectivity index (χ4v) is 3.34. The molecule has 0 aliphatic heterocycles. The molecule has 0 saturated heterocycles. The maximum Gasteiger partial charge on any atom is 0.205 e. The van der Waals surface area contributed by atoms with Crippen molar-refractivity contribution in [1.29, 1.82) is 0 Å². The van der Waals surface area contributed by atoms with Crippen molar-refractivity contribution >= 4 is 39.6 Å². The van der Waals surface area contributed by atoms with E-state index in [0.717, 1.165) is 27.8 Å². The summed E-state index contributed by atoms with van der Waals surface area (Å²) in [5.74, 6) is 0.0698. The van der Waals surface area contributed by atoms with E-state index in [1.165, 1.54) is 11.3 Å². The van der Waals surface area contributed by atoms with Crippen molar-refractivity contribution in [1.82, 2.24) is 4.98 Å². The van der Waals surface area contributed by atoms with Crippen molar-refractivity contribution in [3.8, 4) is 0 Å². The molecule has 2 heterocycles. The zero-order chi connectivity index (χ0) is 13.4. The van der Waals surface area contributed by atoms with Gasteiger partial charge in [0.2, 0.25) is 5.78 Å². The van der Waals surface area contributed by atoms with E-state index in [1.54, 1.807) is 6.20 Å². The highest BCUT2D eigenvalue weighted by Crippen LogP contribution is 2.27. The Bertz CT molecular complexity index is 756. The van der Waals surface area contributed by atoms with Crippen LogP contribution in [0.15, 0.2) is 35.8 Å². The summed E-state index contributed by atoms with van der Waals surface area (Å²) in [5, 5.41) is 3.49. The van der Waals surface area contributed by atoms with Crippen LogP contribution in [0.4, 0.5) is 0 Å². The molecule has 19 heavy (non-hydrogen) atoms. The molecule has 0 unspecified atom stereocenters. The lowest BCUT2D eigenvalue weighted by Crippen LogP contribution is -2.00. The van der Waals surface area contributed by atoms with Crippen LogP contribution in [0.2, 0.25) is 5.02 Å². The molecule has 1 N–H and O–H groups in total. The Balaban J connectivity index is 2.14. The zero-order valence-corrected chi connectivity index (χ0v) is 11.9. The molecular formula is C15H12ClNOS. The molecule has 2 nitrogen and oxygen atoms in total. The average molecular weight is 290 g/mol. The first-order valence-electron chi connectivity index (χ1n) is 6.08. The van der Waals surface area contributed by atoms with Crippen LogP contribution in [0.1, 0.15) is 27.7 Å². The smallest absolute Gasteiger partial charge is 0.205 e. The number of carbonyl (C=O) groups excluding carboxylic acids is 1. The molecule has 1 aromatic carbocycles. The molecule has 0 amide bonds. The number of carbonyl (C=O) groups is 1. The molecule has 96 valence electrons. The molecule has 3 rings (SSSR count). The SMILES string of the molecule is CCc1ccsc1C(=O)c1c[nH]c2ccc(Cl)cc12. The highest BCUT2D eigenvalue weighted by Gasteiger charge is 2.18. The lowest BCUT2D eigenvalue weighted by molar-refractivity contribution is 0.104. The van der Waals surface area contributed by atoms with Gasteiger partial charge in [-0.3, -0.25) is 4.79 Å². The number of halogens is 1. The Morgan fingerprint density at radius 1 is 1.37 bits per heavy atom. The number of H-pyrrole nitrogens is 1. The van der Waals surface area contributed by atoms with Gasteiger partial charge in [-0.25, -0.2) is 0 Å². The highest BCUT2D eigenvalue weighted by molar-refractivity contribution is 7.12. The summed E-state index contributed by atoms with van der Waals surface area (Å²) < 4.78 is 0. The van der Waals surface area contributed by atoms with Gasteiger partial charge in [-0.05, 0) is 41.6 Å². The van der Waals surface area contributed by atoms with Crippen molar-refractivity contribution in [3.63, 3.8) is 0 Å². The van der Waals surface area contributed by atoms with Gasteiger partial charge in [0.25, 0.3) is 0 Å². The molecule has 4 heteroatoms. The predicted molar refractivity (Wildman–Crippen MR) is 80.4 cm³/mol. The first kappa shape index (κ1) is 12.5. The van der Waals surface area contributed by atoms with Gasteiger partial charge in [0, 0.05) is 27.7 Å². The van der Waals surface area contributed by atoms with Crippen LogP contribution in [0.25, 0.3) is 10.9 Å². The first-order valence-corrected chi connectivity index (χ1v) is 7.34. The van der Waals surface area contributed by atoms with Crippen LogP contribution < -0.4 is 0 Å². The topological polar surface area (TPSA) is 32.9 Å². The number of nitrogens with one attached hydrogen (secondary N) is 1. The van der Waals surface area contributed by atoms with E-state index in [-0.39, 0.29) is 5.78 Å². The van der Waals surface area contributed by atoms with Gasteiger partial charge < -0.3 is 4.98 Å². The van der Waals surface area contributed by atoms with Crippen LogP contribution >= 0.6 is 22.9 Å². The van der Waals surface area contributed by atoms with Crippen molar-refractivity contribution in [2.45, 2.75) is 13.3 Å². The van der Waals surface area contributed by atoms with Crippen LogP contribution in [0.5, 0.6) is 0 Å². The van der Waals surface area contributed by atoms with Gasteiger partial charge >= 0.3 is 0 Å². The number of ketones is 1. The summed E-state index contributed by atoms with van der Waals surface area (Å²) in [6, 6.07) is 7.56. The molecule has 2 aromatic heterocycles. The molecular weight excluding hydrogens is 278 g/mol. The Hall–Kier alpha value is -1.58. The standard InChI is InChI=1S/C15H12ClNOS/c1-2-9-5-6-19-15(9)14(18)12-8-17-13-4-3-10(16)7-11(12)13/h3-8,17H,2H2,1H3. The predicted octanol–water partition coefficient (Wildman–Crippen LogP) is 4.68. The van der Waals surface area contributed by atoms with Crippen LogP contribution in [0, 0.1) is 0 Å². The number of thiophene rings is 1. The Morgan fingerprint density at radius 3 is 3.00 bits per heavy atom. The molecule has 0 aliphatic rings. The minimum absolute atomic E-state index is 0.0698. The maximum absolute atomic E-state index is 12.6. The van der Waals surface area contributed by atoms with E-state index >= 15 is 0 Å². The van der Waals surface area contributed by atoms with Crippen molar-refractivity contribution < 1.29 is 4.79 Å². The number of aromatic amines is 1. The number of aryl methyl sites for hydroxylation is 1. The second kappa shape index (κ2) is 4.83. The van der Waals surface area contributed by atoms with Gasteiger partial charge in [-0.2, -0.15) is 0 Å². The van der Waals surface area contributed by atoms with E-state index < -0.39 is 0 Å². The molecule has 0 aliphatic carbocycles. The van der Waals surface area contributed by atoms with Crippen molar-refractivity contribution in [2.75, 3.05) is 0 Å². The zero-order valence-electron chi connectivity index (χ0n) is 10.4. The number of fused-ring (bicyclic) bond motifs is 1. The Morgan fingerprint density at radius 2 is 2.21 bits per heavy atom. The second-order valence-electron chi connectivity index (χ2n) is 4.35. The lowest BCUT2D eigenvalue weighted by Gasteiger charge is -2.00. The third-order valence-corrected chi connectivity index (χ3v) is 4.41. The third kappa shape index (κ3) is 2.09. The minimum Gasteiger partial charge on any atom is -0.360 e. The lowest BCUT2D eigenvalue weighted by atomic mass is 10.0. The molecule has 0 atom stereocenters. The van der Waals surface area contributed by atoms with Gasteiger partial charge in [-0.15, -0.1) is 11.3 Å². The van der Waals surface area contributed by atoms with Crippen molar-refractivity contribution in [2.24, 2.45) is 0 Å². The fraction of sp³-hybridized carbons (Fsp3) is 0.133. The monoisotopic (exact) mass is 289 g/mol. The number of hydrogen-bond acceptors (Lipinski definition) is 2. The second-order valence-corrected chi connectivity index (χ2v) is 5.70. The number of hydrogen-bond donors (Lipinski definition) is 1. The highest BCUT2D eigenvalue weighted by atomic mass is 35.5. The minimum atomic E-state index is 0.0698. The largest absolute Gasteiger partial charge is 0.360 e. The normalized spacial score (nSPS) is 11.1. The fourth-order valence-electron chi connectivity index (χ4n) is 2.22. The quantitative estimate of drug-likeness (QED) is 0.698. The molecule has 0 spiro atoms. The van der Waals surface area contributed by atoms with Crippen LogP contribution in [0.3, 0.4) is 0 Å². The maximum atomic E-state index is 12.6. The van der Waals surface area contributed by atoms with Gasteiger partial charge in [-0.1, -0.05) is 18.5 Å². The van der Waals surface area contributed by atoms with E-state index in [9.17, 15) is 4.79 Å². The van der Waals surface area contributed by atoms with Crippen LogP contribution in [-0.2, 0) is 6.42 Å². The summed E-state index contributed by atoms with van der Waals surface area (Å²) in [7, 11) is 0. The molecule has 0 radical (unpaired) electrons. The first-order chi connectivity index (χ1) is 9.20. The molecule has 0 saturated carbocycles.